The van der Waals surface area contributed by atoms with Gasteiger partial charge in [0.1, 0.15) is 12.4 Å². The minimum Gasteiger partial charge on any atom is -0.482 e. The van der Waals surface area contributed by atoms with Crippen LogP contribution in [-0.2, 0) is 14.9 Å². The fraction of sp³-hybridized carbons (Fsp3) is 0.318. The van der Waals surface area contributed by atoms with E-state index in [0.29, 0.717) is 16.9 Å². The van der Waals surface area contributed by atoms with Crippen molar-refractivity contribution >= 4 is 33.7 Å². The highest BCUT2D eigenvalue weighted by Gasteiger charge is 2.34. The largest absolute Gasteiger partial charge is 0.482 e. The van der Waals surface area contributed by atoms with E-state index in [1.165, 1.54) is 0 Å². The fourth-order valence-electron chi connectivity index (χ4n) is 3.09. The van der Waals surface area contributed by atoms with Crippen LogP contribution < -0.4 is 4.74 Å². The van der Waals surface area contributed by atoms with E-state index in [1.54, 1.807) is 30.3 Å². The number of benzene rings is 2. The number of carbonyl (C=O) groups excluding carboxylic acids is 3. The maximum Gasteiger partial charge on any atom is 0.344 e. The maximum atomic E-state index is 12.3. The summed E-state index contributed by atoms with van der Waals surface area (Å²) < 4.78 is 11.7. The zero-order valence-electron chi connectivity index (χ0n) is 16.5. The number of esters is 1. The highest BCUT2D eigenvalue weighted by Crippen LogP contribution is 2.33. The van der Waals surface area contributed by atoms with Gasteiger partial charge in [0.05, 0.1) is 17.7 Å². The second-order valence-electron chi connectivity index (χ2n) is 7.71. The van der Waals surface area contributed by atoms with Crippen LogP contribution in [0.4, 0.5) is 0 Å². The van der Waals surface area contributed by atoms with Gasteiger partial charge in [0.2, 0.25) is 0 Å². The molecular weight excluding hydrogens is 438 g/mol. The number of amides is 2. The Kier molecular flexibility index (Phi) is 6.07. The summed E-state index contributed by atoms with van der Waals surface area (Å²) in [6, 6.07) is 12.2. The van der Waals surface area contributed by atoms with Gasteiger partial charge in [-0.05, 0) is 35.7 Å². The van der Waals surface area contributed by atoms with E-state index in [2.05, 4.69) is 36.7 Å². The van der Waals surface area contributed by atoms with Crippen LogP contribution in [0, 0.1) is 0 Å². The zero-order chi connectivity index (χ0) is 21.2. The summed E-state index contributed by atoms with van der Waals surface area (Å²) in [6.45, 7) is 5.84. The number of carbonyl (C=O) groups is 3. The van der Waals surface area contributed by atoms with Gasteiger partial charge in [0, 0.05) is 10.0 Å². The summed E-state index contributed by atoms with van der Waals surface area (Å²) in [6.07, 6.45) is 0. The Morgan fingerprint density at radius 3 is 2.24 bits per heavy atom. The summed E-state index contributed by atoms with van der Waals surface area (Å²) in [5, 5.41) is 0. The second kappa shape index (κ2) is 8.37. The summed E-state index contributed by atoms with van der Waals surface area (Å²) in [5.74, 6) is -0.701. The number of fused-ring (bicyclic) bond motifs is 1. The molecule has 0 spiro atoms. The van der Waals surface area contributed by atoms with Crippen molar-refractivity contribution in [2.24, 2.45) is 0 Å². The molecule has 29 heavy (non-hydrogen) atoms. The Labute approximate surface area is 177 Å². The standard InChI is InChI=1S/C22H22BrNO5/c1-22(2,3)17-12-14(23)8-9-18(17)29-13-19(25)28-11-10-24-20(26)15-6-4-5-7-16(15)21(24)27/h4-9,12H,10-11,13H2,1-3H3. The molecule has 2 aromatic carbocycles. The Morgan fingerprint density at radius 1 is 1.03 bits per heavy atom. The summed E-state index contributed by atoms with van der Waals surface area (Å²) >= 11 is 3.45. The molecule has 0 fully saturated rings. The predicted octanol–water partition coefficient (Wildman–Crippen LogP) is 3.96. The van der Waals surface area contributed by atoms with E-state index >= 15 is 0 Å². The molecule has 152 valence electrons. The second-order valence-corrected chi connectivity index (χ2v) is 8.62. The number of hydrogen-bond donors (Lipinski definition) is 0. The lowest BCUT2D eigenvalue weighted by molar-refractivity contribution is -0.146. The highest BCUT2D eigenvalue weighted by atomic mass is 79.9. The van der Waals surface area contributed by atoms with Gasteiger partial charge >= 0.3 is 5.97 Å². The van der Waals surface area contributed by atoms with Gasteiger partial charge in [-0.2, -0.15) is 0 Å². The van der Waals surface area contributed by atoms with Gasteiger partial charge in [-0.25, -0.2) is 4.79 Å². The van der Waals surface area contributed by atoms with E-state index < -0.39 is 5.97 Å². The van der Waals surface area contributed by atoms with Crippen LogP contribution in [0.3, 0.4) is 0 Å². The summed E-state index contributed by atoms with van der Waals surface area (Å²) in [7, 11) is 0. The molecule has 0 radical (unpaired) electrons. The van der Waals surface area contributed by atoms with Crippen molar-refractivity contribution in [2.45, 2.75) is 26.2 Å². The van der Waals surface area contributed by atoms with E-state index in [1.807, 2.05) is 12.1 Å². The molecule has 7 heteroatoms. The fourth-order valence-corrected chi connectivity index (χ4v) is 3.45. The lowest BCUT2D eigenvalue weighted by Gasteiger charge is -2.23. The predicted molar refractivity (Wildman–Crippen MR) is 111 cm³/mol. The molecule has 2 amide bonds. The molecule has 0 saturated heterocycles. The van der Waals surface area contributed by atoms with Crippen molar-refractivity contribution in [2.75, 3.05) is 19.8 Å². The molecule has 0 saturated carbocycles. The van der Waals surface area contributed by atoms with E-state index in [-0.39, 0.29) is 37.0 Å². The molecule has 0 aromatic heterocycles. The molecule has 1 aliphatic heterocycles. The van der Waals surface area contributed by atoms with Gasteiger partial charge < -0.3 is 9.47 Å². The third-order valence-electron chi connectivity index (χ3n) is 4.55. The molecule has 1 heterocycles. The minimum atomic E-state index is -0.565. The van der Waals surface area contributed by atoms with Crippen LogP contribution in [0.2, 0.25) is 0 Å². The first kappa shape index (κ1) is 21.0. The van der Waals surface area contributed by atoms with Crippen LogP contribution in [0.15, 0.2) is 46.9 Å². The highest BCUT2D eigenvalue weighted by molar-refractivity contribution is 9.10. The first-order valence-corrected chi connectivity index (χ1v) is 10.0. The molecule has 0 atom stereocenters. The maximum absolute atomic E-state index is 12.3. The number of ether oxygens (including phenoxy) is 2. The van der Waals surface area contributed by atoms with Crippen LogP contribution in [0.25, 0.3) is 0 Å². The first-order chi connectivity index (χ1) is 13.7. The number of imide groups is 1. The number of halogens is 1. The third kappa shape index (κ3) is 4.67. The van der Waals surface area contributed by atoms with E-state index in [4.69, 9.17) is 9.47 Å². The Balaban J connectivity index is 1.52. The van der Waals surface area contributed by atoms with Crippen LogP contribution in [-0.4, -0.2) is 42.4 Å². The monoisotopic (exact) mass is 459 g/mol. The zero-order valence-corrected chi connectivity index (χ0v) is 18.1. The molecule has 6 nitrogen and oxygen atoms in total. The van der Waals surface area contributed by atoms with Gasteiger partial charge in [-0.1, -0.05) is 48.8 Å². The Morgan fingerprint density at radius 2 is 1.66 bits per heavy atom. The number of hydrogen-bond acceptors (Lipinski definition) is 5. The van der Waals surface area contributed by atoms with Gasteiger partial charge in [-0.3, -0.25) is 14.5 Å². The molecule has 0 unspecified atom stereocenters. The normalized spacial score (nSPS) is 13.4. The molecule has 3 rings (SSSR count). The topological polar surface area (TPSA) is 72.9 Å². The number of rotatable bonds is 6. The van der Waals surface area contributed by atoms with Crippen molar-refractivity contribution < 1.29 is 23.9 Å². The first-order valence-electron chi connectivity index (χ1n) is 9.22. The van der Waals surface area contributed by atoms with E-state index in [9.17, 15) is 14.4 Å². The molecular formula is C22H22BrNO5. The molecule has 0 bridgehead atoms. The SMILES string of the molecule is CC(C)(C)c1cc(Br)ccc1OCC(=O)OCCN1C(=O)c2ccccc2C1=O. The average Bonchev–Trinajstić information content (AvgIpc) is 2.91. The average molecular weight is 460 g/mol. The molecule has 0 aliphatic carbocycles. The van der Waals surface area contributed by atoms with Gasteiger partial charge in [0.15, 0.2) is 6.61 Å². The van der Waals surface area contributed by atoms with Crippen molar-refractivity contribution in [3.8, 4) is 5.75 Å². The van der Waals surface area contributed by atoms with Crippen LogP contribution >= 0.6 is 15.9 Å². The molecule has 0 N–H and O–H groups in total. The molecule has 2 aromatic rings. The van der Waals surface area contributed by atoms with Crippen molar-refractivity contribution in [1.82, 2.24) is 4.90 Å². The summed E-state index contributed by atoms with van der Waals surface area (Å²) in [5.41, 5.74) is 1.55. The minimum absolute atomic E-state index is 0.00358. The van der Waals surface area contributed by atoms with Crippen LogP contribution in [0.5, 0.6) is 5.75 Å². The smallest absolute Gasteiger partial charge is 0.344 e. The Hall–Kier alpha value is -2.67. The quantitative estimate of drug-likeness (QED) is 0.482. The lowest BCUT2D eigenvalue weighted by Crippen LogP contribution is -2.34. The van der Waals surface area contributed by atoms with Crippen molar-refractivity contribution in [3.05, 3.63) is 63.6 Å². The van der Waals surface area contributed by atoms with Crippen molar-refractivity contribution in [3.63, 3.8) is 0 Å². The van der Waals surface area contributed by atoms with Gasteiger partial charge in [-0.15, -0.1) is 0 Å². The lowest BCUT2D eigenvalue weighted by atomic mass is 9.86. The van der Waals surface area contributed by atoms with Gasteiger partial charge in [0.25, 0.3) is 11.8 Å². The Bertz CT molecular complexity index is 929. The van der Waals surface area contributed by atoms with E-state index in [0.717, 1.165) is 14.9 Å². The number of nitrogens with zero attached hydrogens (tertiary/aromatic N) is 1. The molecule has 1 aliphatic rings. The third-order valence-corrected chi connectivity index (χ3v) is 5.04. The van der Waals surface area contributed by atoms with Crippen molar-refractivity contribution in [1.29, 1.82) is 0 Å². The summed E-state index contributed by atoms with van der Waals surface area (Å²) in [4.78, 5) is 37.7. The van der Waals surface area contributed by atoms with Crippen LogP contribution in [0.1, 0.15) is 47.1 Å².